The van der Waals surface area contributed by atoms with Crippen LogP contribution in [0.1, 0.15) is 34.6 Å². The van der Waals surface area contributed by atoms with Gasteiger partial charge < -0.3 is 5.32 Å². The summed E-state index contributed by atoms with van der Waals surface area (Å²) in [5, 5.41) is 7.29. The molecule has 2 aromatic rings. The van der Waals surface area contributed by atoms with Crippen molar-refractivity contribution in [2.24, 2.45) is 7.05 Å². The number of benzene rings is 1. The third-order valence-electron chi connectivity index (χ3n) is 4.51. The lowest BCUT2D eigenvalue weighted by atomic mass is 10.0. The van der Waals surface area contributed by atoms with Crippen LogP contribution >= 0.6 is 0 Å². The number of nitrogens with one attached hydrogen (secondary N) is 1. The molecular weight excluding hydrogens is 307 g/mol. The van der Waals surface area contributed by atoms with Crippen LogP contribution in [0.4, 0.5) is 4.39 Å². The minimum Gasteiger partial charge on any atom is -0.348 e. The van der Waals surface area contributed by atoms with E-state index in [-0.39, 0.29) is 17.8 Å². The second-order valence-corrected chi connectivity index (χ2v) is 6.41. The van der Waals surface area contributed by atoms with Gasteiger partial charge in [-0.2, -0.15) is 5.10 Å². The van der Waals surface area contributed by atoms with Crippen LogP contribution in [0.2, 0.25) is 0 Å². The number of amides is 1. The molecule has 2 heterocycles. The second-order valence-electron chi connectivity index (χ2n) is 6.41. The monoisotopic (exact) mass is 330 g/mol. The molecule has 1 aromatic heterocycles. The fourth-order valence-electron chi connectivity index (χ4n) is 3.19. The molecule has 1 N–H and O–H groups in total. The molecule has 1 fully saturated rings. The summed E-state index contributed by atoms with van der Waals surface area (Å²) in [5.74, 6) is -0.231. The number of piperidine rings is 1. The number of likely N-dealkylation sites (tertiary alicyclic amines) is 1. The highest BCUT2D eigenvalue weighted by atomic mass is 19.1. The minimum atomic E-state index is -0.153. The number of carbonyl (C=O) groups excluding carboxylic acids is 1. The molecule has 6 heteroatoms. The number of hydrogen-bond donors (Lipinski definition) is 1. The maximum absolute atomic E-state index is 13.7. The van der Waals surface area contributed by atoms with Crippen molar-refractivity contribution in [1.82, 2.24) is 20.0 Å². The van der Waals surface area contributed by atoms with Crippen LogP contribution in [0.5, 0.6) is 0 Å². The van der Waals surface area contributed by atoms with Crippen molar-refractivity contribution in [2.45, 2.75) is 32.4 Å². The van der Waals surface area contributed by atoms with Gasteiger partial charge in [0.1, 0.15) is 11.5 Å². The zero-order valence-electron chi connectivity index (χ0n) is 14.1. The Morgan fingerprint density at radius 3 is 2.67 bits per heavy atom. The number of nitrogens with zero attached hydrogens (tertiary/aromatic N) is 3. The van der Waals surface area contributed by atoms with Crippen molar-refractivity contribution in [3.8, 4) is 0 Å². The topological polar surface area (TPSA) is 50.2 Å². The van der Waals surface area contributed by atoms with E-state index >= 15 is 0 Å². The lowest BCUT2D eigenvalue weighted by Crippen LogP contribution is -2.44. The Balaban J connectivity index is 1.51. The summed E-state index contributed by atoms with van der Waals surface area (Å²) in [5.41, 5.74) is 2.15. The van der Waals surface area contributed by atoms with E-state index in [1.165, 1.54) is 6.07 Å². The zero-order chi connectivity index (χ0) is 17.1. The zero-order valence-corrected chi connectivity index (χ0v) is 14.1. The Morgan fingerprint density at radius 2 is 2.04 bits per heavy atom. The van der Waals surface area contributed by atoms with Crippen LogP contribution in [-0.4, -0.2) is 39.7 Å². The molecular formula is C18H23FN4O. The molecule has 0 atom stereocenters. The van der Waals surface area contributed by atoms with Gasteiger partial charge in [-0.05, 0) is 31.9 Å². The van der Waals surface area contributed by atoms with Gasteiger partial charge >= 0.3 is 0 Å². The van der Waals surface area contributed by atoms with Crippen LogP contribution < -0.4 is 5.32 Å². The quantitative estimate of drug-likeness (QED) is 0.935. The van der Waals surface area contributed by atoms with Crippen LogP contribution in [0.15, 0.2) is 30.3 Å². The molecule has 3 rings (SSSR count). The summed E-state index contributed by atoms with van der Waals surface area (Å²) in [6.07, 6.45) is 1.74. The van der Waals surface area contributed by atoms with Crippen molar-refractivity contribution < 1.29 is 9.18 Å². The SMILES string of the molecule is Cc1cc(C(=O)NC2CCN(Cc3ccccc3F)CC2)n(C)n1. The van der Waals surface area contributed by atoms with Gasteiger partial charge in [-0.1, -0.05) is 18.2 Å². The molecule has 0 saturated carbocycles. The first kappa shape index (κ1) is 16.6. The normalized spacial score (nSPS) is 16.3. The average Bonchev–Trinajstić information content (AvgIpc) is 2.90. The third kappa shape index (κ3) is 3.82. The van der Waals surface area contributed by atoms with Crippen molar-refractivity contribution in [3.05, 3.63) is 53.1 Å². The highest BCUT2D eigenvalue weighted by molar-refractivity contribution is 5.92. The maximum atomic E-state index is 13.7. The highest BCUT2D eigenvalue weighted by Crippen LogP contribution is 2.16. The van der Waals surface area contributed by atoms with E-state index in [2.05, 4.69) is 15.3 Å². The Morgan fingerprint density at radius 1 is 1.33 bits per heavy atom. The number of rotatable bonds is 4. The van der Waals surface area contributed by atoms with Crippen molar-refractivity contribution >= 4 is 5.91 Å². The van der Waals surface area contributed by atoms with Gasteiger partial charge in [0.25, 0.3) is 5.91 Å². The van der Waals surface area contributed by atoms with E-state index in [9.17, 15) is 9.18 Å². The van der Waals surface area contributed by atoms with Gasteiger partial charge in [-0.25, -0.2) is 4.39 Å². The summed E-state index contributed by atoms with van der Waals surface area (Å²) in [6, 6.07) is 8.85. The third-order valence-corrected chi connectivity index (χ3v) is 4.51. The van der Waals surface area contributed by atoms with Crippen LogP contribution in [0.3, 0.4) is 0 Å². The molecule has 24 heavy (non-hydrogen) atoms. The molecule has 1 aliphatic rings. The summed E-state index contributed by atoms with van der Waals surface area (Å²) < 4.78 is 15.3. The van der Waals surface area contributed by atoms with Gasteiger partial charge in [0.05, 0.1) is 5.69 Å². The largest absolute Gasteiger partial charge is 0.348 e. The average molecular weight is 330 g/mol. The van der Waals surface area contributed by atoms with Gasteiger partial charge in [-0.3, -0.25) is 14.4 Å². The van der Waals surface area contributed by atoms with Crippen molar-refractivity contribution in [1.29, 1.82) is 0 Å². The molecule has 128 valence electrons. The molecule has 1 amide bonds. The summed E-state index contributed by atoms with van der Waals surface area (Å²) in [4.78, 5) is 14.6. The van der Waals surface area contributed by atoms with E-state index in [1.807, 2.05) is 19.1 Å². The first-order valence-electron chi connectivity index (χ1n) is 8.30. The lowest BCUT2D eigenvalue weighted by Gasteiger charge is -2.32. The molecule has 1 aromatic carbocycles. The smallest absolute Gasteiger partial charge is 0.269 e. The molecule has 0 aliphatic carbocycles. The number of hydrogen-bond acceptors (Lipinski definition) is 3. The summed E-state index contributed by atoms with van der Waals surface area (Å²) >= 11 is 0. The molecule has 0 spiro atoms. The highest BCUT2D eigenvalue weighted by Gasteiger charge is 2.23. The molecule has 1 saturated heterocycles. The Hall–Kier alpha value is -2.21. The molecule has 5 nitrogen and oxygen atoms in total. The number of halogens is 1. The van der Waals surface area contributed by atoms with E-state index in [0.717, 1.165) is 37.2 Å². The molecule has 0 radical (unpaired) electrons. The Bertz CT molecular complexity index is 720. The molecule has 0 bridgehead atoms. The fraction of sp³-hybridized carbons (Fsp3) is 0.444. The van der Waals surface area contributed by atoms with Gasteiger partial charge in [0.2, 0.25) is 0 Å². The predicted octanol–water partition coefficient (Wildman–Crippen LogP) is 2.26. The predicted molar refractivity (Wildman–Crippen MR) is 90.1 cm³/mol. The molecule has 1 aliphatic heterocycles. The van der Waals surface area contributed by atoms with E-state index < -0.39 is 0 Å². The summed E-state index contributed by atoms with van der Waals surface area (Å²) in [7, 11) is 1.78. The standard InChI is InChI=1S/C18H23FN4O/c1-13-11-17(22(2)21-13)18(24)20-15-7-9-23(10-8-15)12-14-5-3-4-6-16(14)19/h3-6,11,15H,7-10,12H2,1-2H3,(H,20,24). The van der Waals surface area contributed by atoms with Gasteiger partial charge in [-0.15, -0.1) is 0 Å². The van der Waals surface area contributed by atoms with Gasteiger partial charge in [0.15, 0.2) is 0 Å². The first-order chi connectivity index (χ1) is 11.5. The van der Waals surface area contributed by atoms with Crippen LogP contribution in [0, 0.1) is 12.7 Å². The second kappa shape index (κ2) is 7.13. The Labute approximate surface area is 141 Å². The van der Waals surface area contributed by atoms with E-state index in [0.29, 0.717) is 12.2 Å². The number of carbonyl (C=O) groups is 1. The van der Waals surface area contributed by atoms with Crippen LogP contribution in [0.25, 0.3) is 0 Å². The van der Waals surface area contributed by atoms with E-state index in [4.69, 9.17) is 0 Å². The van der Waals surface area contributed by atoms with E-state index in [1.54, 1.807) is 23.9 Å². The number of aromatic nitrogens is 2. The maximum Gasteiger partial charge on any atom is 0.269 e. The number of aryl methyl sites for hydroxylation is 2. The van der Waals surface area contributed by atoms with Crippen molar-refractivity contribution in [3.63, 3.8) is 0 Å². The Kier molecular flexibility index (Phi) is 4.94. The van der Waals surface area contributed by atoms with Crippen LogP contribution in [-0.2, 0) is 13.6 Å². The minimum absolute atomic E-state index is 0.0781. The molecule has 0 unspecified atom stereocenters. The van der Waals surface area contributed by atoms with Crippen molar-refractivity contribution in [2.75, 3.05) is 13.1 Å². The first-order valence-corrected chi connectivity index (χ1v) is 8.30. The summed E-state index contributed by atoms with van der Waals surface area (Å²) in [6.45, 7) is 4.19. The van der Waals surface area contributed by atoms with Gasteiger partial charge in [0, 0.05) is 38.3 Å². The fourth-order valence-corrected chi connectivity index (χ4v) is 3.19. The lowest BCUT2D eigenvalue weighted by molar-refractivity contribution is 0.0899.